The number of rotatable bonds is 3. The minimum atomic E-state index is -4.73. The summed E-state index contributed by atoms with van der Waals surface area (Å²) in [5.74, 6) is -2.60. The van der Waals surface area contributed by atoms with E-state index in [0.29, 0.717) is 0 Å². The number of aromatic nitrogens is 2. The zero-order valence-electron chi connectivity index (χ0n) is 12.7. The fraction of sp³-hybridized carbons (Fsp3) is 0.286. The van der Waals surface area contributed by atoms with Crippen molar-refractivity contribution in [1.29, 1.82) is 0 Å². The van der Waals surface area contributed by atoms with Gasteiger partial charge >= 0.3 is 12.1 Å². The summed E-state index contributed by atoms with van der Waals surface area (Å²) in [5.41, 5.74) is 0.460. The first kappa shape index (κ1) is 16.9. The van der Waals surface area contributed by atoms with E-state index in [1.165, 1.54) is 31.3 Å². The van der Waals surface area contributed by atoms with Gasteiger partial charge in [0.1, 0.15) is 12.6 Å². The average Bonchev–Trinajstić information content (AvgIpc) is 3.18. The van der Waals surface area contributed by atoms with Gasteiger partial charge in [0.25, 0.3) is 11.8 Å². The van der Waals surface area contributed by atoms with Gasteiger partial charge in [-0.2, -0.15) is 18.2 Å². The van der Waals surface area contributed by atoms with Crippen LogP contribution in [0.2, 0.25) is 0 Å². The van der Waals surface area contributed by atoms with Gasteiger partial charge in [-0.15, -0.1) is 0 Å². The molecule has 0 spiro atoms. The summed E-state index contributed by atoms with van der Waals surface area (Å²) >= 11 is 0. The molecule has 0 saturated carbocycles. The summed E-state index contributed by atoms with van der Waals surface area (Å²) in [4.78, 5) is 32.0. The van der Waals surface area contributed by atoms with E-state index in [4.69, 9.17) is 4.84 Å². The monoisotopic (exact) mass is 356 g/mol. The van der Waals surface area contributed by atoms with Crippen molar-refractivity contribution in [1.82, 2.24) is 20.5 Å². The topological polar surface area (TPSA) is 97.6 Å². The predicted molar refractivity (Wildman–Crippen MR) is 74.7 cm³/mol. The number of alkyl halides is 3. The second-order valence-corrected chi connectivity index (χ2v) is 5.16. The third kappa shape index (κ3) is 3.45. The SMILES string of the molecule is CN1OCC(NC(=O)c2ccc(-c3noc(C(F)(F)F)n3)cc2)C1=O. The Labute approximate surface area is 138 Å². The summed E-state index contributed by atoms with van der Waals surface area (Å²) < 4.78 is 41.5. The van der Waals surface area contributed by atoms with Gasteiger partial charge in [0.2, 0.25) is 5.82 Å². The Hall–Kier alpha value is -2.95. The normalized spacial score (nSPS) is 17.8. The molecule has 0 radical (unpaired) electrons. The van der Waals surface area contributed by atoms with E-state index in [1.54, 1.807) is 0 Å². The van der Waals surface area contributed by atoms with Gasteiger partial charge < -0.3 is 9.84 Å². The number of hydrogen-bond acceptors (Lipinski definition) is 6. The quantitative estimate of drug-likeness (QED) is 0.889. The molecule has 1 fully saturated rings. The highest BCUT2D eigenvalue weighted by Gasteiger charge is 2.38. The van der Waals surface area contributed by atoms with Crippen LogP contribution >= 0.6 is 0 Å². The second-order valence-electron chi connectivity index (χ2n) is 5.16. The van der Waals surface area contributed by atoms with Crippen LogP contribution in [0.25, 0.3) is 11.4 Å². The van der Waals surface area contributed by atoms with Crippen molar-refractivity contribution in [2.24, 2.45) is 0 Å². The van der Waals surface area contributed by atoms with Crippen LogP contribution in [0.3, 0.4) is 0 Å². The molecule has 1 aromatic heterocycles. The number of benzene rings is 1. The standard InChI is InChI=1S/C14H11F3N4O4/c1-21-12(23)9(6-24-21)18-11(22)8-4-2-7(3-5-8)10-19-13(25-20-10)14(15,16)17/h2-5,9H,6H2,1H3,(H,18,22). The highest BCUT2D eigenvalue weighted by Crippen LogP contribution is 2.29. The molecule has 2 aromatic rings. The molecule has 1 saturated heterocycles. The molecular formula is C14H11F3N4O4. The lowest BCUT2D eigenvalue weighted by molar-refractivity contribution is -0.159. The Bertz CT molecular complexity index is 803. The molecule has 25 heavy (non-hydrogen) atoms. The molecule has 1 N–H and O–H groups in total. The van der Waals surface area contributed by atoms with Crippen LogP contribution in [-0.2, 0) is 15.8 Å². The van der Waals surface area contributed by atoms with Crippen molar-refractivity contribution < 1.29 is 32.1 Å². The second kappa shape index (κ2) is 6.16. The van der Waals surface area contributed by atoms with Crippen molar-refractivity contribution in [3.05, 3.63) is 35.7 Å². The zero-order chi connectivity index (χ0) is 18.2. The molecule has 1 atom stereocenters. The van der Waals surface area contributed by atoms with Crippen molar-refractivity contribution in [2.75, 3.05) is 13.7 Å². The largest absolute Gasteiger partial charge is 0.471 e. The highest BCUT2D eigenvalue weighted by molar-refractivity contribution is 5.98. The number of nitrogens with one attached hydrogen (secondary N) is 1. The minimum Gasteiger partial charge on any atom is -0.338 e. The molecule has 1 aromatic carbocycles. The lowest BCUT2D eigenvalue weighted by Crippen LogP contribution is -2.41. The molecule has 8 nitrogen and oxygen atoms in total. The molecule has 2 heterocycles. The van der Waals surface area contributed by atoms with Crippen LogP contribution in [0.5, 0.6) is 0 Å². The van der Waals surface area contributed by atoms with Crippen LogP contribution in [0.1, 0.15) is 16.2 Å². The summed E-state index contributed by atoms with van der Waals surface area (Å²) in [7, 11) is 1.43. The van der Waals surface area contributed by atoms with E-state index in [-0.39, 0.29) is 29.5 Å². The van der Waals surface area contributed by atoms with Crippen molar-refractivity contribution in [3.63, 3.8) is 0 Å². The molecule has 1 unspecified atom stereocenters. The summed E-state index contributed by atoms with van der Waals surface area (Å²) in [5, 5.41) is 6.79. The average molecular weight is 356 g/mol. The van der Waals surface area contributed by atoms with Crippen molar-refractivity contribution >= 4 is 11.8 Å². The van der Waals surface area contributed by atoms with Crippen LogP contribution in [0.4, 0.5) is 13.2 Å². The predicted octanol–water partition coefficient (Wildman–Crippen LogP) is 1.26. The Morgan fingerprint density at radius 2 is 2.00 bits per heavy atom. The zero-order valence-corrected chi connectivity index (χ0v) is 12.7. The number of hydroxylamine groups is 2. The summed E-state index contributed by atoms with van der Waals surface area (Å²) in [6.07, 6.45) is -4.73. The van der Waals surface area contributed by atoms with E-state index in [9.17, 15) is 22.8 Å². The fourth-order valence-electron chi connectivity index (χ4n) is 2.11. The number of nitrogens with zero attached hydrogens (tertiary/aromatic N) is 3. The van der Waals surface area contributed by atoms with Crippen LogP contribution < -0.4 is 5.32 Å². The van der Waals surface area contributed by atoms with Gasteiger partial charge in [0.05, 0.1) is 0 Å². The maximum atomic E-state index is 12.4. The summed E-state index contributed by atoms with van der Waals surface area (Å²) in [6, 6.07) is 4.71. The lowest BCUT2D eigenvalue weighted by atomic mass is 10.1. The van der Waals surface area contributed by atoms with Gasteiger partial charge in [-0.05, 0) is 12.1 Å². The Morgan fingerprint density at radius 3 is 2.52 bits per heavy atom. The smallest absolute Gasteiger partial charge is 0.338 e. The maximum Gasteiger partial charge on any atom is 0.471 e. The molecule has 3 rings (SSSR count). The molecule has 1 aliphatic rings. The number of halogens is 3. The van der Waals surface area contributed by atoms with Crippen LogP contribution in [-0.4, -0.2) is 46.7 Å². The number of hydrogen-bond donors (Lipinski definition) is 1. The first-order valence-corrected chi connectivity index (χ1v) is 6.98. The molecule has 0 bridgehead atoms. The molecule has 0 aliphatic carbocycles. The van der Waals surface area contributed by atoms with Gasteiger partial charge in [0.15, 0.2) is 0 Å². The summed E-state index contributed by atoms with van der Waals surface area (Å²) in [6.45, 7) is 0.0300. The van der Waals surface area contributed by atoms with E-state index in [1.807, 2.05) is 0 Å². The first-order valence-electron chi connectivity index (χ1n) is 6.98. The Balaban J connectivity index is 1.71. The fourth-order valence-corrected chi connectivity index (χ4v) is 2.11. The van der Waals surface area contributed by atoms with E-state index < -0.39 is 24.0 Å². The van der Waals surface area contributed by atoms with E-state index >= 15 is 0 Å². The van der Waals surface area contributed by atoms with E-state index in [2.05, 4.69) is 20.0 Å². The Kier molecular flexibility index (Phi) is 4.17. The molecule has 2 amide bonds. The van der Waals surface area contributed by atoms with Gasteiger partial charge in [-0.25, -0.2) is 5.06 Å². The Morgan fingerprint density at radius 1 is 1.32 bits per heavy atom. The third-order valence-corrected chi connectivity index (χ3v) is 3.42. The maximum absolute atomic E-state index is 12.4. The molecule has 11 heteroatoms. The van der Waals surface area contributed by atoms with Gasteiger partial charge in [0, 0.05) is 18.2 Å². The number of likely N-dealkylation sites (N-methyl/N-ethyl adjacent to an activating group) is 1. The number of carbonyl (C=O) groups is 2. The van der Waals surface area contributed by atoms with E-state index in [0.717, 1.165) is 5.06 Å². The number of carbonyl (C=O) groups excluding carboxylic acids is 2. The van der Waals surface area contributed by atoms with Gasteiger partial charge in [-0.1, -0.05) is 17.3 Å². The first-order chi connectivity index (χ1) is 11.8. The van der Waals surface area contributed by atoms with Crippen LogP contribution in [0.15, 0.2) is 28.8 Å². The molecule has 1 aliphatic heterocycles. The highest BCUT2D eigenvalue weighted by atomic mass is 19.4. The lowest BCUT2D eigenvalue weighted by Gasteiger charge is -2.09. The third-order valence-electron chi connectivity index (χ3n) is 3.42. The molecular weight excluding hydrogens is 345 g/mol. The van der Waals surface area contributed by atoms with Crippen molar-refractivity contribution in [2.45, 2.75) is 12.2 Å². The van der Waals surface area contributed by atoms with Crippen LogP contribution in [0, 0.1) is 0 Å². The van der Waals surface area contributed by atoms with Gasteiger partial charge in [-0.3, -0.25) is 14.4 Å². The number of amides is 2. The molecule has 132 valence electrons. The van der Waals surface area contributed by atoms with Crippen molar-refractivity contribution in [3.8, 4) is 11.4 Å². The minimum absolute atomic E-state index is 0.0300.